The van der Waals surface area contributed by atoms with E-state index in [0.717, 1.165) is 6.42 Å². The first-order valence-corrected chi connectivity index (χ1v) is 4.12. The lowest BCUT2D eigenvalue weighted by Gasteiger charge is -2.03. The second-order valence-electron chi connectivity index (χ2n) is 2.42. The van der Waals surface area contributed by atoms with Gasteiger partial charge in [-0.15, -0.1) is 0 Å². The minimum Gasteiger partial charge on any atom is -0.480 e. The van der Waals surface area contributed by atoms with Crippen LogP contribution in [0.1, 0.15) is 19.8 Å². The summed E-state index contributed by atoms with van der Waals surface area (Å²) in [6.07, 6.45) is 1.13. The van der Waals surface area contributed by atoms with Crippen molar-refractivity contribution in [3.05, 3.63) is 0 Å². The molecule has 0 heterocycles. The summed E-state index contributed by atoms with van der Waals surface area (Å²) in [7, 11) is 0. The molecule has 0 bridgehead atoms. The van der Waals surface area contributed by atoms with Gasteiger partial charge in [-0.05, 0) is 6.42 Å². The van der Waals surface area contributed by atoms with Crippen LogP contribution in [-0.2, 0) is 19.1 Å². The van der Waals surface area contributed by atoms with E-state index in [-0.39, 0.29) is 25.8 Å². The normalized spacial score (nSPS) is 9.62. The minimum atomic E-state index is -1.03. The van der Waals surface area contributed by atoms with Gasteiger partial charge < -0.3 is 14.6 Å². The molecule has 0 rings (SSSR count). The second-order valence-corrected chi connectivity index (χ2v) is 2.42. The number of ether oxygens (including phenoxy) is 2. The SMILES string of the molecule is CCCC(=O)OCCOCC(=O)O. The Hall–Kier alpha value is -1.10. The van der Waals surface area contributed by atoms with Gasteiger partial charge >= 0.3 is 11.9 Å². The highest BCUT2D eigenvalue weighted by Crippen LogP contribution is 1.90. The largest absolute Gasteiger partial charge is 0.480 e. The summed E-state index contributed by atoms with van der Waals surface area (Å²) in [5, 5.41) is 8.17. The summed E-state index contributed by atoms with van der Waals surface area (Å²) in [5.74, 6) is -1.30. The zero-order valence-corrected chi connectivity index (χ0v) is 7.62. The molecule has 5 nitrogen and oxygen atoms in total. The van der Waals surface area contributed by atoms with Crippen LogP contribution in [0.3, 0.4) is 0 Å². The summed E-state index contributed by atoms with van der Waals surface area (Å²) in [5.41, 5.74) is 0. The van der Waals surface area contributed by atoms with Crippen LogP contribution in [-0.4, -0.2) is 36.9 Å². The van der Waals surface area contributed by atoms with Gasteiger partial charge in [-0.25, -0.2) is 4.79 Å². The van der Waals surface area contributed by atoms with Crippen LogP contribution >= 0.6 is 0 Å². The molecular weight excluding hydrogens is 176 g/mol. The van der Waals surface area contributed by atoms with Crippen molar-refractivity contribution in [3.63, 3.8) is 0 Å². The van der Waals surface area contributed by atoms with E-state index in [1.807, 2.05) is 6.92 Å². The molecule has 0 fully saturated rings. The fourth-order valence-electron chi connectivity index (χ4n) is 0.650. The van der Waals surface area contributed by atoms with E-state index >= 15 is 0 Å². The molecule has 0 aromatic rings. The number of rotatable bonds is 7. The van der Waals surface area contributed by atoms with Crippen molar-refractivity contribution in [2.24, 2.45) is 0 Å². The maximum Gasteiger partial charge on any atom is 0.329 e. The van der Waals surface area contributed by atoms with Crippen molar-refractivity contribution in [2.45, 2.75) is 19.8 Å². The van der Waals surface area contributed by atoms with Crippen molar-refractivity contribution in [3.8, 4) is 0 Å². The molecule has 0 saturated heterocycles. The molecule has 0 atom stereocenters. The van der Waals surface area contributed by atoms with Gasteiger partial charge in [0.1, 0.15) is 13.2 Å². The van der Waals surface area contributed by atoms with Crippen molar-refractivity contribution in [2.75, 3.05) is 19.8 Å². The van der Waals surface area contributed by atoms with Gasteiger partial charge in [-0.3, -0.25) is 4.79 Å². The van der Waals surface area contributed by atoms with E-state index in [2.05, 4.69) is 4.74 Å². The van der Waals surface area contributed by atoms with E-state index in [1.54, 1.807) is 0 Å². The Balaban J connectivity index is 3.16. The first kappa shape index (κ1) is 11.9. The van der Waals surface area contributed by atoms with E-state index in [0.29, 0.717) is 6.42 Å². The molecule has 0 amide bonds. The monoisotopic (exact) mass is 190 g/mol. The van der Waals surface area contributed by atoms with Gasteiger partial charge in [0, 0.05) is 6.42 Å². The van der Waals surface area contributed by atoms with Crippen molar-refractivity contribution in [1.29, 1.82) is 0 Å². The van der Waals surface area contributed by atoms with Crippen LogP contribution in [0.25, 0.3) is 0 Å². The standard InChI is InChI=1S/C8H14O5/c1-2-3-8(11)13-5-4-12-6-7(9)10/h2-6H2,1H3,(H,9,10). The van der Waals surface area contributed by atoms with Gasteiger partial charge in [0.25, 0.3) is 0 Å². The van der Waals surface area contributed by atoms with Crippen LogP contribution in [0, 0.1) is 0 Å². The van der Waals surface area contributed by atoms with E-state index in [1.165, 1.54) is 0 Å². The Morgan fingerprint density at radius 1 is 1.31 bits per heavy atom. The molecular formula is C8H14O5. The highest BCUT2D eigenvalue weighted by Gasteiger charge is 2.00. The van der Waals surface area contributed by atoms with Crippen LogP contribution in [0.2, 0.25) is 0 Å². The lowest BCUT2D eigenvalue weighted by molar-refractivity contribution is -0.147. The summed E-state index contributed by atoms with van der Waals surface area (Å²) in [4.78, 5) is 20.7. The maximum absolute atomic E-state index is 10.7. The van der Waals surface area contributed by atoms with Crippen LogP contribution < -0.4 is 0 Å². The lowest BCUT2D eigenvalue weighted by atomic mass is 10.3. The zero-order valence-electron chi connectivity index (χ0n) is 7.62. The molecule has 0 aromatic heterocycles. The molecule has 0 aromatic carbocycles. The number of carbonyl (C=O) groups is 2. The third kappa shape index (κ3) is 8.81. The molecule has 0 spiro atoms. The lowest BCUT2D eigenvalue weighted by Crippen LogP contribution is -2.13. The van der Waals surface area contributed by atoms with Crippen molar-refractivity contribution < 1.29 is 24.2 Å². The number of hydrogen-bond donors (Lipinski definition) is 1. The van der Waals surface area contributed by atoms with Gasteiger partial charge in [0.15, 0.2) is 0 Å². The number of esters is 1. The van der Waals surface area contributed by atoms with Crippen molar-refractivity contribution >= 4 is 11.9 Å². The highest BCUT2D eigenvalue weighted by atomic mass is 16.6. The summed E-state index contributed by atoms with van der Waals surface area (Å²) in [6, 6.07) is 0. The van der Waals surface area contributed by atoms with Gasteiger partial charge in [-0.2, -0.15) is 0 Å². The van der Waals surface area contributed by atoms with Gasteiger partial charge in [0.2, 0.25) is 0 Å². The highest BCUT2D eigenvalue weighted by molar-refractivity contribution is 5.69. The molecule has 13 heavy (non-hydrogen) atoms. The number of carboxylic acid groups (broad SMARTS) is 1. The van der Waals surface area contributed by atoms with Gasteiger partial charge in [0.05, 0.1) is 6.61 Å². The van der Waals surface area contributed by atoms with E-state index in [4.69, 9.17) is 9.84 Å². The molecule has 0 aliphatic heterocycles. The second kappa shape index (κ2) is 7.54. The predicted octanol–water partition coefficient (Wildman–Crippen LogP) is 0.431. The number of carboxylic acids is 1. The molecule has 0 unspecified atom stereocenters. The van der Waals surface area contributed by atoms with Crippen LogP contribution in [0.5, 0.6) is 0 Å². The third-order valence-corrected chi connectivity index (χ3v) is 1.17. The number of aliphatic carboxylic acids is 1. The molecule has 5 heteroatoms. The predicted molar refractivity (Wildman–Crippen MR) is 44.3 cm³/mol. The molecule has 1 N–H and O–H groups in total. The minimum absolute atomic E-state index is 0.117. The van der Waals surface area contributed by atoms with Crippen molar-refractivity contribution in [1.82, 2.24) is 0 Å². The molecule has 0 aliphatic carbocycles. The average molecular weight is 190 g/mol. The Bertz CT molecular complexity index is 166. The Morgan fingerprint density at radius 2 is 2.00 bits per heavy atom. The van der Waals surface area contributed by atoms with Crippen LogP contribution in [0.15, 0.2) is 0 Å². The zero-order chi connectivity index (χ0) is 10.1. The smallest absolute Gasteiger partial charge is 0.329 e. The summed E-state index contributed by atoms with van der Waals surface area (Å²) < 4.78 is 9.35. The number of hydrogen-bond acceptors (Lipinski definition) is 4. The van der Waals surface area contributed by atoms with Gasteiger partial charge in [-0.1, -0.05) is 6.92 Å². The topological polar surface area (TPSA) is 72.8 Å². The molecule has 0 saturated carbocycles. The summed E-state index contributed by atoms with van der Waals surface area (Å²) >= 11 is 0. The maximum atomic E-state index is 10.7. The van der Waals surface area contributed by atoms with Crippen LogP contribution in [0.4, 0.5) is 0 Å². The fraction of sp³-hybridized carbons (Fsp3) is 0.750. The molecule has 0 radical (unpaired) electrons. The molecule has 76 valence electrons. The average Bonchev–Trinajstić information content (AvgIpc) is 2.03. The fourth-order valence-corrected chi connectivity index (χ4v) is 0.650. The van der Waals surface area contributed by atoms with E-state index in [9.17, 15) is 9.59 Å². The molecule has 0 aliphatic rings. The Kier molecular flexibility index (Phi) is 6.91. The quantitative estimate of drug-likeness (QED) is 0.465. The Labute approximate surface area is 76.6 Å². The first-order valence-electron chi connectivity index (χ1n) is 4.12. The van der Waals surface area contributed by atoms with E-state index < -0.39 is 5.97 Å². The Morgan fingerprint density at radius 3 is 2.54 bits per heavy atom. The third-order valence-electron chi connectivity index (χ3n) is 1.17. The number of carbonyl (C=O) groups excluding carboxylic acids is 1. The first-order chi connectivity index (χ1) is 6.16. The summed E-state index contributed by atoms with van der Waals surface area (Å²) in [6.45, 7) is 1.77.